The minimum atomic E-state index is -6.72. The number of halogens is 12. The molecule has 2 heterocycles. The number of nitrogens with zero attached hydrogens (tertiary/aromatic N) is 6. The molecule has 30 heteroatoms. The number of aryl methyl sites for hydroxylation is 2. The van der Waals surface area contributed by atoms with Gasteiger partial charge in [0.2, 0.25) is 0 Å². The molecule has 0 aliphatic heterocycles. The van der Waals surface area contributed by atoms with Crippen molar-refractivity contribution in [2.24, 2.45) is 14.1 Å². The summed E-state index contributed by atoms with van der Waals surface area (Å²) >= 11 is 0. The molecule has 298 valence electrons. The number of sulfonamides is 4. The summed E-state index contributed by atoms with van der Waals surface area (Å²) in [5.41, 5.74) is -22.1. The Bertz CT molecular complexity index is 1900. The molecule has 14 nitrogen and oxygen atoms in total. The van der Waals surface area contributed by atoms with Crippen LogP contribution in [0.5, 0.6) is 0 Å². The largest absolute Gasteiger partial charge is 0.480 e. The average molecular weight is 857 g/mol. The molecule has 0 amide bonds. The summed E-state index contributed by atoms with van der Waals surface area (Å²) in [6.07, 6.45) is 8.45. The lowest BCUT2D eigenvalue weighted by Gasteiger charge is -2.22. The number of alkyl halides is 12. The van der Waals surface area contributed by atoms with Gasteiger partial charge < -0.3 is 8.25 Å². The summed E-state index contributed by atoms with van der Waals surface area (Å²) in [7, 11) is -22.7. The molecule has 0 N–H and O–H groups in total. The molecule has 1 aromatic carbocycles. The molecule has 0 fully saturated rings. The summed E-state index contributed by atoms with van der Waals surface area (Å²) in [6.45, 7) is 6.13. The van der Waals surface area contributed by atoms with E-state index in [-0.39, 0.29) is 0 Å². The third-order valence-electron chi connectivity index (χ3n) is 6.08. The molecule has 3 aromatic rings. The van der Waals surface area contributed by atoms with Gasteiger partial charge in [0, 0.05) is 13.8 Å². The van der Waals surface area contributed by atoms with Crippen LogP contribution in [0.25, 0.3) is 8.25 Å². The van der Waals surface area contributed by atoms with Crippen molar-refractivity contribution >= 4 is 40.1 Å². The topological polar surface area (TPSA) is 182 Å². The van der Waals surface area contributed by atoms with Crippen molar-refractivity contribution in [1.29, 1.82) is 0 Å². The maximum Gasteiger partial charge on any atom is 0.480 e. The molecule has 0 aliphatic carbocycles. The fourth-order valence-electron chi connectivity index (χ4n) is 3.10. The number of imidazole rings is 2. The van der Waals surface area contributed by atoms with Crippen LogP contribution < -0.4 is 9.13 Å². The third kappa shape index (κ3) is 12.3. The zero-order chi connectivity index (χ0) is 41.1. The van der Waals surface area contributed by atoms with E-state index >= 15 is 0 Å². The zero-order valence-corrected chi connectivity index (χ0v) is 29.4. The minimum absolute atomic E-state index is 0.778. The molecule has 3 rings (SSSR count). The molecule has 0 radical (unpaired) electrons. The Kier molecular flexibility index (Phi) is 14.2. The summed E-state index contributed by atoms with van der Waals surface area (Å²) in [5, 5.41) is 0. The van der Waals surface area contributed by atoms with Gasteiger partial charge in [0.1, 0.15) is 37.9 Å². The first-order valence-corrected chi connectivity index (χ1v) is 18.6. The van der Waals surface area contributed by atoms with Crippen LogP contribution in [0.4, 0.5) is 52.7 Å². The van der Waals surface area contributed by atoms with Crippen molar-refractivity contribution in [3.63, 3.8) is 0 Å². The van der Waals surface area contributed by atoms with Crippen LogP contribution in [0, 0.1) is 13.8 Å². The van der Waals surface area contributed by atoms with Crippen molar-refractivity contribution in [2.75, 3.05) is 0 Å². The maximum atomic E-state index is 11.4. The van der Waals surface area contributed by atoms with Gasteiger partial charge in [0.05, 0.1) is 14.1 Å². The van der Waals surface area contributed by atoms with Crippen molar-refractivity contribution in [2.45, 2.75) is 49.0 Å². The van der Waals surface area contributed by atoms with Gasteiger partial charge in [0.15, 0.2) is 40.1 Å². The lowest BCUT2D eigenvalue weighted by atomic mass is 10.1. The quantitative estimate of drug-likeness (QED) is 0.243. The fraction of sp³-hybridized carbons (Fsp3) is 0.455. The Labute approximate surface area is 287 Å². The first-order chi connectivity index (χ1) is 23.0. The van der Waals surface area contributed by atoms with Gasteiger partial charge in [-0.05, 0) is 11.1 Å². The number of hydrogen-bond donors (Lipinski definition) is 0. The van der Waals surface area contributed by atoms with E-state index in [0.29, 0.717) is 0 Å². The van der Waals surface area contributed by atoms with Crippen LogP contribution in [-0.2, 0) is 67.3 Å². The van der Waals surface area contributed by atoms with Crippen molar-refractivity contribution in [1.82, 2.24) is 9.13 Å². The Morgan fingerprint density at radius 1 is 0.500 bits per heavy atom. The molecule has 0 bridgehead atoms. The second-order valence-electron chi connectivity index (χ2n) is 9.82. The molecular weight excluding hydrogens is 833 g/mol. The smallest absolute Gasteiger partial charge is 0.421 e. The highest BCUT2D eigenvalue weighted by molar-refractivity contribution is 8.13. The minimum Gasteiger partial charge on any atom is -0.421 e. The highest BCUT2D eigenvalue weighted by Gasteiger charge is 2.48. The van der Waals surface area contributed by atoms with E-state index in [1.54, 1.807) is 0 Å². The third-order valence-corrected chi connectivity index (χ3v) is 11.6. The fourth-order valence-corrected chi connectivity index (χ4v) is 6.52. The number of rotatable bonds is 8. The Morgan fingerprint density at radius 3 is 0.865 bits per heavy atom. The van der Waals surface area contributed by atoms with Crippen LogP contribution in [-0.4, -0.2) is 64.8 Å². The Balaban J connectivity index is 0.000000405. The molecular formula is C22H24F12N6O8S4. The lowest BCUT2D eigenvalue weighted by molar-refractivity contribution is -0.677. The maximum absolute atomic E-state index is 11.4. The first-order valence-electron chi connectivity index (χ1n) is 12.8. The van der Waals surface area contributed by atoms with Crippen molar-refractivity contribution in [3.05, 3.63) is 80.1 Å². The molecule has 0 saturated carbocycles. The van der Waals surface area contributed by atoms with Gasteiger partial charge >= 0.3 is 22.0 Å². The average Bonchev–Trinajstić information content (AvgIpc) is 3.42. The lowest BCUT2D eigenvalue weighted by Crippen LogP contribution is -2.30. The normalized spacial score (nSPS) is 13.5. The van der Waals surface area contributed by atoms with Gasteiger partial charge in [-0.25, -0.2) is 51.9 Å². The molecule has 52 heavy (non-hydrogen) atoms. The van der Waals surface area contributed by atoms with Gasteiger partial charge in [-0.3, -0.25) is 0 Å². The van der Waals surface area contributed by atoms with E-state index in [1.165, 1.54) is 22.8 Å². The SMILES string of the molecule is Cc1n(Cc2ccc(Cn3cc[n+](C)c3C)cc2)cc[n+]1C.O=S(=O)([N-]S(=O)(=O)C(F)(F)F)C(F)(F)F.O=S(=O)([N-]S(=O)(=O)C(F)(F)F)C(F)(F)F. The summed E-state index contributed by atoms with van der Waals surface area (Å²) in [6, 6.07) is 8.92. The highest BCUT2D eigenvalue weighted by atomic mass is 32.3. The van der Waals surface area contributed by atoms with E-state index in [2.05, 4.69) is 95.3 Å². The molecule has 0 atom stereocenters. The molecule has 0 unspecified atom stereocenters. The van der Waals surface area contributed by atoms with Gasteiger partial charge in [-0.15, -0.1) is 0 Å². The monoisotopic (exact) mass is 856 g/mol. The van der Waals surface area contributed by atoms with E-state index < -0.39 is 62.1 Å². The zero-order valence-electron chi connectivity index (χ0n) is 26.2. The number of aromatic nitrogens is 4. The molecule has 0 spiro atoms. The molecule has 0 aliphatic rings. The van der Waals surface area contributed by atoms with Gasteiger partial charge in [0.25, 0.3) is 11.6 Å². The standard InChI is InChI=1S/C18H24N4.2C2F6NO4S2/c1-15-19(3)9-11-21(15)13-17-5-7-18(8-6-17)14-22-12-10-20(4)16(22)2;2*3-1(4,5)14(10,11)9-15(12,13)2(6,7)8/h5-12H,13-14H2,1-4H3;;/q+2;2*-1. The van der Waals surface area contributed by atoms with E-state index in [0.717, 1.165) is 21.3 Å². The number of benzene rings is 1. The predicted octanol–water partition coefficient (Wildman–Crippen LogP) is 3.77. The number of hydrogen-bond acceptors (Lipinski definition) is 8. The van der Waals surface area contributed by atoms with Crippen LogP contribution >= 0.6 is 0 Å². The van der Waals surface area contributed by atoms with Gasteiger partial charge in [-0.2, -0.15) is 52.7 Å². The van der Waals surface area contributed by atoms with Gasteiger partial charge in [-0.1, -0.05) is 24.3 Å². The summed E-state index contributed by atoms with van der Waals surface area (Å²) in [4.78, 5) is 0. The van der Waals surface area contributed by atoms with E-state index in [1.807, 2.05) is 0 Å². The Hall–Kier alpha value is -3.48. The molecule has 0 saturated heterocycles. The van der Waals surface area contributed by atoms with E-state index in [4.69, 9.17) is 0 Å². The van der Waals surface area contributed by atoms with Crippen molar-refractivity contribution in [3.8, 4) is 0 Å². The second kappa shape index (κ2) is 15.9. The van der Waals surface area contributed by atoms with Crippen LogP contribution in [0.3, 0.4) is 0 Å². The van der Waals surface area contributed by atoms with Crippen molar-refractivity contribution < 1.29 is 95.5 Å². The van der Waals surface area contributed by atoms with E-state index in [9.17, 15) is 86.4 Å². The van der Waals surface area contributed by atoms with Crippen LogP contribution in [0.2, 0.25) is 0 Å². The van der Waals surface area contributed by atoms with Crippen LogP contribution in [0.15, 0.2) is 49.1 Å². The highest BCUT2D eigenvalue weighted by Crippen LogP contribution is 2.37. The van der Waals surface area contributed by atoms with Crippen LogP contribution in [0.1, 0.15) is 22.8 Å². The Morgan fingerprint density at radius 2 is 0.712 bits per heavy atom. The predicted molar refractivity (Wildman–Crippen MR) is 152 cm³/mol. The summed E-state index contributed by atoms with van der Waals surface area (Å²) < 4.78 is 227. The summed E-state index contributed by atoms with van der Waals surface area (Å²) in [5.74, 6) is 2.53. The first kappa shape index (κ1) is 46.5. The molecule has 2 aromatic heterocycles. The second-order valence-corrected chi connectivity index (χ2v) is 16.7.